The zero-order valence-electron chi connectivity index (χ0n) is 21.8. The Morgan fingerprint density at radius 3 is 2.50 bits per heavy atom. The van der Waals surface area contributed by atoms with Gasteiger partial charge in [-0.3, -0.25) is 4.79 Å². The van der Waals surface area contributed by atoms with E-state index in [9.17, 15) is 9.59 Å². The summed E-state index contributed by atoms with van der Waals surface area (Å²) >= 11 is 0. The van der Waals surface area contributed by atoms with Crippen molar-refractivity contribution in [1.82, 2.24) is 10.2 Å². The van der Waals surface area contributed by atoms with Crippen molar-refractivity contribution in [1.29, 1.82) is 0 Å². The van der Waals surface area contributed by atoms with Crippen LogP contribution in [0, 0.1) is 6.92 Å². The SMILES string of the molecule is Cc1ccc(CCC2CCN2C(=O)OC(C)(C)C)cc1C(=O)NC1(c2cccc3ccccc23)CC1. The number of carbonyl (C=O) groups is 2. The molecule has 1 aliphatic carbocycles. The largest absolute Gasteiger partial charge is 0.444 e. The summed E-state index contributed by atoms with van der Waals surface area (Å²) in [7, 11) is 0. The maximum absolute atomic E-state index is 13.5. The van der Waals surface area contributed by atoms with E-state index in [4.69, 9.17) is 4.74 Å². The molecule has 3 aromatic carbocycles. The summed E-state index contributed by atoms with van der Waals surface area (Å²) in [5, 5.41) is 5.79. The van der Waals surface area contributed by atoms with Crippen molar-refractivity contribution in [2.24, 2.45) is 0 Å². The first-order valence-corrected chi connectivity index (χ1v) is 13.1. The molecule has 1 aliphatic heterocycles. The van der Waals surface area contributed by atoms with Crippen molar-refractivity contribution >= 4 is 22.8 Å². The van der Waals surface area contributed by atoms with E-state index in [2.05, 4.69) is 53.8 Å². The number of nitrogens with zero attached hydrogens (tertiary/aromatic N) is 1. The zero-order chi connectivity index (χ0) is 25.5. The van der Waals surface area contributed by atoms with E-state index in [1.807, 2.05) is 44.7 Å². The van der Waals surface area contributed by atoms with E-state index in [-0.39, 0.29) is 23.6 Å². The van der Waals surface area contributed by atoms with Crippen LogP contribution in [0.5, 0.6) is 0 Å². The standard InChI is InChI=1S/C31H36N2O3/c1-21-12-13-22(14-15-24-16-19-33(24)29(35)36-30(2,3)4)20-26(21)28(34)32-31(17-18-31)27-11-7-9-23-8-5-6-10-25(23)27/h5-13,20,24H,14-19H2,1-4H3,(H,32,34). The molecule has 5 rings (SSSR count). The number of likely N-dealkylation sites (tertiary alicyclic amines) is 1. The third-order valence-electron chi connectivity index (χ3n) is 7.49. The molecule has 0 radical (unpaired) electrons. The van der Waals surface area contributed by atoms with Gasteiger partial charge in [0.2, 0.25) is 0 Å². The second-order valence-electron chi connectivity index (χ2n) is 11.4. The monoisotopic (exact) mass is 484 g/mol. The minimum absolute atomic E-state index is 0.0150. The topological polar surface area (TPSA) is 58.6 Å². The molecule has 3 aromatic rings. The molecule has 2 fully saturated rings. The predicted molar refractivity (Wildman–Crippen MR) is 143 cm³/mol. The molecule has 1 saturated heterocycles. The van der Waals surface area contributed by atoms with Gasteiger partial charge in [0.25, 0.3) is 5.91 Å². The number of amides is 2. The Morgan fingerprint density at radius 2 is 1.81 bits per heavy atom. The fraction of sp³-hybridized carbons (Fsp3) is 0.419. The first-order valence-electron chi connectivity index (χ1n) is 13.1. The molecule has 2 amide bonds. The Bertz CT molecular complexity index is 1300. The molecule has 1 heterocycles. The van der Waals surface area contributed by atoms with Gasteiger partial charge in [-0.1, -0.05) is 54.6 Å². The lowest BCUT2D eigenvalue weighted by molar-refractivity contribution is -0.00656. The molecule has 188 valence electrons. The molecular formula is C31H36N2O3. The van der Waals surface area contributed by atoms with Gasteiger partial charge in [-0.05, 0) is 93.3 Å². The molecule has 1 saturated carbocycles. The molecule has 1 atom stereocenters. The lowest BCUT2D eigenvalue weighted by atomic mass is 9.94. The summed E-state index contributed by atoms with van der Waals surface area (Å²) in [5.41, 5.74) is 3.26. The Balaban J connectivity index is 1.27. The molecule has 0 spiro atoms. The maximum Gasteiger partial charge on any atom is 0.410 e. The summed E-state index contributed by atoms with van der Waals surface area (Å²) in [6.07, 6.45) is 4.35. The lowest BCUT2D eigenvalue weighted by Gasteiger charge is -2.41. The molecule has 5 heteroatoms. The van der Waals surface area contributed by atoms with Gasteiger partial charge < -0.3 is 15.0 Å². The molecule has 0 aromatic heterocycles. The first kappa shape index (κ1) is 24.4. The van der Waals surface area contributed by atoms with Crippen LogP contribution < -0.4 is 5.32 Å². The molecular weight excluding hydrogens is 448 g/mol. The Morgan fingerprint density at radius 1 is 1.06 bits per heavy atom. The van der Waals surface area contributed by atoms with Crippen LogP contribution in [0.1, 0.15) is 73.5 Å². The van der Waals surface area contributed by atoms with Gasteiger partial charge in [-0.25, -0.2) is 4.79 Å². The molecule has 2 aliphatic rings. The second kappa shape index (κ2) is 9.27. The number of nitrogens with one attached hydrogen (secondary N) is 1. The zero-order valence-corrected chi connectivity index (χ0v) is 21.8. The predicted octanol–water partition coefficient (Wildman–Crippen LogP) is 6.51. The van der Waals surface area contributed by atoms with Crippen LogP contribution in [0.15, 0.2) is 60.7 Å². The number of hydrogen-bond donors (Lipinski definition) is 1. The highest BCUT2D eigenvalue weighted by Crippen LogP contribution is 2.48. The smallest absolute Gasteiger partial charge is 0.410 e. The quantitative estimate of drug-likeness (QED) is 0.434. The van der Waals surface area contributed by atoms with E-state index in [1.54, 1.807) is 0 Å². The van der Waals surface area contributed by atoms with Gasteiger partial charge in [0.05, 0.1) is 5.54 Å². The molecule has 0 bridgehead atoms. The molecule has 5 nitrogen and oxygen atoms in total. The van der Waals surface area contributed by atoms with E-state index >= 15 is 0 Å². The molecule has 1 unspecified atom stereocenters. The van der Waals surface area contributed by atoms with Crippen molar-refractivity contribution in [2.75, 3.05) is 6.54 Å². The number of benzene rings is 3. The Labute approximate surface area is 213 Å². The van der Waals surface area contributed by atoms with Crippen LogP contribution in [0.3, 0.4) is 0 Å². The third-order valence-corrected chi connectivity index (χ3v) is 7.49. The number of ether oxygens (including phenoxy) is 1. The van der Waals surface area contributed by atoms with Crippen molar-refractivity contribution in [3.05, 3.63) is 82.9 Å². The van der Waals surface area contributed by atoms with Crippen LogP contribution >= 0.6 is 0 Å². The Kier molecular flexibility index (Phi) is 6.27. The number of hydrogen-bond acceptors (Lipinski definition) is 3. The van der Waals surface area contributed by atoms with Crippen molar-refractivity contribution in [3.63, 3.8) is 0 Å². The van der Waals surface area contributed by atoms with Gasteiger partial charge in [0.15, 0.2) is 0 Å². The summed E-state index contributed by atoms with van der Waals surface area (Å²) < 4.78 is 5.54. The van der Waals surface area contributed by atoms with Crippen LogP contribution in [0.25, 0.3) is 10.8 Å². The lowest BCUT2D eigenvalue weighted by Crippen LogP contribution is -2.52. The number of aryl methyl sites for hydroxylation is 2. The second-order valence-corrected chi connectivity index (χ2v) is 11.4. The normalized spacial score (nSPS) is 18.4. The highest BCUT2D eigenvalue weighted by Gasteiger charge is 2.46. The van der Waals surface area contributed by atoms with Gasteiger partial charge in [-0.2, -0.15) is 0 Å². The minimum Gasteiger partial charge on any atom is -0.444 e. The van der Waals surface area contributed by atoms with Gasteiger partial charge in [-0.15, -0.1) is 0 Å². The first-order chi connectivity index (χ1) is 17.2. The van der Waals surface area contributed by atoms with Crippen LogP contribution in [0.2, 0.25) is 0 Å². The third kappa shape index (κ3) is 4.97. The van der Waals surface area contributed by atoms with Gasteiger partial charge >= 0.3 is 6.09 Å². The van der Waals surface area contributed by atoms with Crippen LogP contribution in [-0.4, -0.2) is 35.1 Å². The number of carbonyl (C=O) groups excluding carboxylic acids is 2. The Hall–Kier alpha value is -3.34. The molecule has 36 heavy (non-hydrogen) atoms. The summed E-state index contributed by atoms with van der Waals surface area (Å²) in [6, 6.07) is 21.1. The average molecular weight is 485 g/mol. The van der Waals surface area contributed by atoms with Crippen LogP contribution in [-0.2, 0) is 16.7 Å². The highest BCUT2D eigenvalue weighted by molar-refractivity contribution is 5.97. The van der Waals surface area contributed by atoms with E-state index in [1.165, 1.54) is 16.3 Å². The van der Waals surface area contributed by atoms with Gasteiger partial charge in [0.1, 0.15) is 5.60 Å². The van der Waals surface area contributed by atoms with E-state index < -0.39 is 5.60 Å². The van der Waals surface area contributed by atoms with E-state index in [0.717, 1.165) is 55.3 Å². The summed E-state index contributed by atoms with van der Waals surface area (Å²) in [6.45, 7) is 8.42. The highest BCUT2D eigenvalue weighted by atomic mass is 16.6. The van der Waals surface area contributed by atoms with Crippen LogP contribution in [0.4, 0.5) is 4.79 Å². The van der Waals surface area contributed by atoms with Crippen molar-refractivity contribution < 1.29 is 14.3 Å². The fourth-order valence-electron chi connectivity index (χ4n) is 5.22. The number of rotatable bonds is 6. The summed E-state index contributed by atoms with van der Waals surface area (Å²) in [4.78, 5) is 27.7. The minimum atomic E-state index is -0.485. The van der Waals surface area contributed by atoms with Crippen molar-refractivity contribution in [2.45, 2.75) is 77.0 Å². The van der Waals surface area contributed by atoms with Crippen molar-refractivity contribution in [3.8, 4) is 0 Å². The maximum atomic E-state index is 13.5. The molecule has 1 N–H and O–H groups in total. The average Bonchev–Trinajstić information content (AvgIpc) is 3.58. The summed E-state index contributed by atoms with van der Waals surface area (Å²) in [5.74, 6) is -0.0150. The van der Waals surface area contributed by atoms with Gasteiger partial charge in [0, 0.05) is 18.2 Å². The fourth-order valence-corrected chi connectivity index (χ4v) is 5.22. The number of fused-ring (bicyclic) bond motifs is 1. The van der Waals surface area contributed by atoms with E-state index in [0.29, 0.717) is 0 Å².